The first-order valence-electron chi connectivity index (χ1n) is 10.7. The van der Waals surface area contributed by atoms with Gasteiger partial charge in [-0.3, -0.25) is 0 Å². The highest BCUT2D eigenvalue weighted by Gasteiger charge is 1.97. The zero-order chi connectivity index (χ0) is 20.0. The predicted molar refractivity (Wildman–Crippen MR) is 119 cm³/mol. The number of hydrogen-bond donors (Lipinski definition) is 6. The maximum absolute atomic E-state index is 11.2. The van der Waals surface area contributed by atoms with Crippen LogP contribution in [0, 0.1) is 0 Å². The van der Waals surface area contributed by atoms with Gasteiger partial charge in [0.15, 0.2) is 0 Å². The van der Waals surface area contributed by atoms with E-state index in [1.54, 1.807) is 0 Å². The van der Waals surface area contributed by atoms with Crippen molar-refractivity contribution in [2.45, 2.75) is 66.2 Å². The third-order valence-electron chi connectivity index (χ3n) is 4.01. The maximum Gasteiger partial charge on any atom is 0.314 e. The Balaban J connectivity index is 0. The normalized spacial score (nSPS) is 10.1. The summed E-state index contributed by atoms with van der Waals surface area (Å²) in [7, 11) is 0. The fourth-order valence-electron chi connectivity index (χ4n) is 2.56. The van der Waals surface area contributed by atoms with E-state index in [9.17, 15) is 9.59 Å². The highest BCUT2D eigenvalue weighted by atomic mass is 16.2. The molecule has 0 saturated carbocycles. The smallest absolute Gasteiger partial charge is 0.314 e. The minimum atomic E-state index is -0.0805. The molecule has 6 N–H and O–H groups in total. The lowest BCUT2D eigenvalue weighted by Gasteiger charge is -2.08. The van der Waals surface area contributed by atoms with Gasteiger partial charge in [0.25, 0.3) is 0 Å². The summed E-state index contributed by atoms with van der Waals surface area (Å²) >= 11 is 0. The summed E-state index contributed by atoms with van der Waals surface area (Å²) in [6.07, 6.45) is 8.15. The van der Waals surface area contributed by atoms with Crippen molar-refractivity contribution in [3.63, 3.8) is 0 Å². The van der Waals surface area contributed by atoms with Crippen molar-refractivity contribution in [3.05, 3.63) is 0 Å². The van der Waals surface area contributed by atoms with Crippen LogP contribution in [-0.4, -0.2) is 64.4 Å². The van der Waals surface area contributed by atoms with E-state index in [1.807, 2.05) is 13.8 Å². The predicted octanol–water partition coefficient (Wildman–Crippen LogP) is 2.17. The zero-order valence-corrected chi connectivity index (χ0v) is 17.4. The molecule has 0 aliphatic carbocycles. The van der Waals surface area contributed by atoms with Gasteiger partial charge in [0.1, 0.15) is 0 Å². The number of unbranched alkanes of at least 4 members (excludes halogenated alkanes) is 4. The lowest BCUT2D eigenvalue weighted by Crippen LogP contribution is -2.36. The third-order valence-corrected chi connectivity index (χ3v) is 4.01. The van der Waals surface area contributed by atoms with Crippen LogP contribution in [0.1, 0.15) is 66.2 Å². The van der Waals surface area contributed by atoms with Crippen molar-refractivity contribution in [1.82, 2.24) is 31.9 Å². The molecule has 0 aromatic carbocycles. The zero-order valence-electron chi connectivity index (χ0n) is 17.4. The summed E-state index contributed by atoms with van der Waals surface area (Å²) in [6.45, 7) is 10.6. The number of hydrogen-bond acceptors (Lipinski definition) is 4. The Kier molecular flexibility index (Phi) is 24.1. The number of nitrogens with one attached hydrogen (secondary N) is 6. The van der Waals surface area contributed by atoms with Crippen LogP contribution in [0.3, 0.4) is 0 Å². The molecular weight excluding hydrogens is 356 g/mol. The SMILES string of the molecule is C.CCNC(=O)NCCCNCCCCCCCNCCCNC(=O)NCC. The van der Waals surface area contributed by atoms with Crippen LogP contribution in [0.15, 0.2) is 0 Å². The van der Waals surface area contributed by atoms with Crippen LogP contribution in [0.4, 0.5) is 9.59 Å². The Hall–Kier alpha value is -1.54. The van der Waals surface area contributed by atoms with E-state index in [1.165, 1.54) is 32.1 Å². The van der Waals surface area contributed by atoms with E-state index in [-0.39, 0.29) is 19.5 Å². The summed E-state index contributed by atoms with van der Waals surface area (Å²) in [5, 5.41) is 17.9. The minimum absolute atomic E-state index is 0. The molecule has 0 aromatic rings. The molecule has 0 rings (SSSR count). The molecule has 0 aromatic heterocycles. The first-order valence-corrected chi connectivity index (χ1v) is 10.7. The van der Waals surface area contributed by atoms with E-state index < -0.39 is 0 Å². The van der Waals surface area contributed by atoms with E-state index in [0.717, 1.165) is 39.0 Å². The molecule has 28 heavy (non-hydrogen) atoms. The first-order chi connectivity index (χ1) is 13.2. The molecule has 0 bridgehead atoms. The Morgan fingerprint density at radius 1 is 0.500 bits per heavy atom. The second-order valence-electron chi connectivity index (χ2n) is 6.55. The molecule has 0 saturated heterocycles. The monoisotopic (exact) mass is 402 g/mol. The molecule has 0 heterocycles. The van der Waals surface area contributed by atoms with Gasteiger partial charge in [-0.1, -0.05) is 26.7 Å². The van der Waals surface area contributed by atoms with Crippen LogP contribution in [-0.2, 0) is 0 Å². The minimum Gasteiger partial charge on any atom is -0.338 e. The summed E-state index contributed by atoms with van der Waals surface area (Å²) in [4.78, 5) is 22.3. The molecule has 4 amide bonds. The maximum atomic E-state index is 11.2. The molecule has 8 nitrogen and oxygen atoms in total. The Morgan fingerprint density at radius 2 is 0.857 bits per heavy atom. The van der Waals surface area contributed by atoms with Gasteiger partial charge in [0.2, 0.25) is 0 Å². The molecule has 0 aliphatic heterocycles. The van der Waals surface area contributed by atoms with Gasteiger partial charge >= 0.3 is 12.1 Å². The van der Waals surface area contributed by atoms with E-state index in [2.05, 4.69) is 31.9 Å². The largest absolute Gasteiger partial charge is 0.338 e. The molecule has 0 spiro atoms. The van der Waals surface area contributed by atoms with Gasteiger partial charge in [0, 0.05) is 26.2 Å². The van der Waals surface area contributed by atoms with Gasteiger partial charge in [-0.25, -0.2) is 9.59 Å². The Bertz CT molecular complexity index is 324. The molecule has 168 valence electrons. The quantitative estimate of drug-likeness (QED) is 0.198. The van der Waals surface area contributed by atoms with Crippen LogP contribution >= 0.6 is 0 Å². The summed E-state index contributed by atoms with van der Waals surface area (Å²) in [5.74, 6) is 0. The van der Waals surface area contributed by atoms with Crippen LogP contribution in [0.5, 0.6) is 0 Å². The topological polar surface area (TPSA) is 106 Å². The van der Waals surface area contributed by atoms with Gasteiger partial charge in [-0.2, -0.15) is 0 Å². The van der Waals surface area contributed by atoms with Crippen molar-refractivity contribution in [1.29, 1.82) is 0 Å². The van der Waals surface area contributed by atoms with Crippen LogP contribution < -0.4 is 31.9 Å². The Labute approximate surface area is 172 Å². The standard InChI is InChI=1S/C19H42N6O2.CH4/c1-3-22-18(26)24-16-10-14-20-12-8-6-5-7-9-13-21-15-11-17-25-19(27)23-4-2;/h20-21H,3-17H2,1-2H3,(H2,22,24,26)(H2,23,25,27);1H4. The highest BCUT2D eigenvalue weighted by Crippen LogP contribution is 2.01. The number of rotatable bonds is 18. The Morgan fingerprint density at radius 3 is 1.25 bits per heavy atom. The molecule has 0 atom stereocenters. The highest BCUT2D eigenvalue weighted by molar-refractivity contribution is 5.73. The van der Waals surface area contributed by atoms with E-state index >= 15 is 0 Å². The average molecular weight is 403 g/mol. The number of carbonyl (C=O) groups excluding carboxylic acids is 2. The van der Waals surface area contributed by atoms with Gasteiger partial charge in [0.05, 0.1) is 0 Å². The van der Waals surface area contributed by atoms with Crippen molar-refractivity contribution in [3.8, 4) is 0 Å². The molecule has 0 radical (unpaired) electrons. The molecular formula is C20H46N6O2. The molecule has 0 unspecified atom stereocenters. The van der Waals surface area contributed by atoms with Crippen LogP contribution in [0.25, 0.3) is 0 Å². The average Bonchev–Trinajstić information content (AvgIpc) is 2.64. The fourth-order valence-corrected chi connectivity index (χ4v) is 2.56. The fraction of sp³-hybridized carbons (Fsp3) is 0.900. The summed E-state index contributed by atoms with van der Waals surface area (Å²) in [6, 6.07) is -0.161. The van der Waals surface area contributed by atoms with Crippen molar-refractivity contribution in [2.75, 3.05) is 52.4 Å². The first kappa shape index (κ1) is 28.7. The number of urea groups is 2. The summed E-state index contributed by atoms with van der Waals surface area (Å²) in [5.41, 5.74) is 0. The van der Waals surface area contributed by atoms with Gasteiger partial charge < -0.3 is 31.9 Å². The molecule has 0 fully saturated rings. The van der Waals surface area contributed by atoms with Crippen molar-refractivity contribution < 1.29 is 9.59 Å². The van der Waals surface area contributed by atoms with Crippen molar-refractivity contribution >= 4 is 12.1 Å². The van der Waals surface area contributed by atoms with Gasteiger partial charge in [-0.05, 0) is 65.7 Å². The molecule has 8 heteroatoms. The van der Waals surface area contributed by atoms with Crippen LogP contribution in [0.2, 0.25) is 0 Å². The summed E-state index contributed by atoms with van der Waals surface area (Å²) < 4.78 is 0. The van der Waals surface area contributed by atoms with Crippen molar-refractivity contribution in [2.24, 2.45) is 0 Å². The number of carbonyl (C=O) groups is 2. The third kappa shape index (κ3) is 22.5. The molecule has 0 aliphatic rings. The van der Waals surface area contributed by atoms with E-state index in [0.29, 0.717) is 26.2 Å². The lowest BCUT2D eigenvalue weighted by atomic mass is 10.1. The van der Waals surface area contributed by atoms with Gasteiger partial charge in [-0.15, -0.1) is 0 Å². The number of amides is 4. The second kappa shape index (κ2) is 23.5. The second-order valence-corrected chi connectivity index (χ2v) is 6.55. The van der Waals surface area contributed by atoms with E-state index in [4.69, 9.17) is 0 Å². The lowest BCUT2D eigenvalue weighted by molar-refractivity contribution is 0.240.